The van der Waals surface area contributed by atoms with Crippen LogP contribution < -0.4 is 95.9 Å². The van der Waals surface area contributed by atoms with Crippen molar-refractivity contribution in [2.24, 2.45) is 0 Å². The van der Waals surface area contributed by atoms with Crippen LogP contribution in [0.3, 0.4) is 0 Å². The Balaban J connectivity index is 0. The van der Waals surface area contributed by atoms with Gasteiger partial charge in [0.1, 0.15) is 0 Å². The van der Waals surface area contributed by atoms with Crippen LogP contribution in [0.15, 0.2) is 0 Å². The summed E-state index contributed by atoms with van der Waals surface area (Å²) in [7, 11) is 0. The summed E-state index contributed by atoms with van der Waals surface area (Å²) in [6.45, 7) is 0. The Morgan fingerprint density at radius 2 is 0.400 bits per heavy atom. The van der Waals surface area contributed by atoms with Crippen molar-refractivity contribution in [3.05, 3.63) is 0 Å². The molecule has 35 valence electrons. The fraction of sp³-hybridized carbons (Fsp3) is 0. The molecule has 0 aromatic heterocycles. The Morgan fingerprint density at radius 3 is 0.400 bits per heavy atom. The molecule has 0 heterocycles. The van der Waals surface area contributed by atoms with E-state index in [4.69, 9.17) is 0 Å². The molecule has 0 atom stereocenters. The van der Waals surface area contributed by atoms with E-state index in [0.29, 0.717) is 0 Å². The van der Waals surface area contributed by atoms with Crippen molar-refractivity contribution >= 4 is 0 Å². The molecule has 0 bridgehead atoms. The molecule has 0 aliphatic rings. The smallest absolute Gasteiger partial charge is 0 e. The molecule has 0 N–H and O–H groups in total. The van der Waals surface area contributed by atoms with Gasteiger partial charge in [-0.15, -0.1) is 0 Å². The van der Waals surface area contributed by atoms with Crippen LogP contribution in [-0.4, -0.2) is 0 Å². The monoisotopic (exact) mass is 739 g/mol. The van der Waals surface area contributed by atoms with Gasteiger partial charge in [0, 0.05) is 32.3 Å². The van der Waals surface area contributed by atoms with Crippen LogP contribution in [0.4, 0.5) is 0 Å². The molecule has 0 aromatic carbocycles. The van der Waals surface area contributed by atoms with Crippen LogP contribution in [0.25, 0.3) is 0 Å². The Labute approximate surface area is 125 Å². The van der Waals surface area contributed by atoms with Crippen LogP contribution in [0, 0.1) is 32.3 Å². The zero-order valence-corrected chi connectivity index (χ0v) is 15.5. The van der Waals surface area contributed by atoms with E-state index < -0.39 is 0 Å². The molecule has 0 aliphatic heterocycles. The Morgan fingerprint density at radius 1 is 0.400 bits per heavy atom. The summed E-state index contributed by atoms with van der Waals surface area (Å²) in [5.74, 6) is 0. The second-order valence-corrected chi connectivity index (χ2v) is 0. The predicted octanol–water partition coefficient (Wildman–Crippen LogP) is -12.0. The average molecular weight is 739 g/mol. The fourth-order valence-electron chi connectivity index (χ4n) is 0. The standard InChI is InChI=1S/4HI.Pa/h4*1H;/p-4. The second kappa shape index (κ2) is 24.5. The van der Waals surface area contributed by atoms with Crippen LogP contribution in [-0.2, 0) is 0 Å². The predicted molar refractivity (Wildman–Crippen MR) is 0 cm³/mol. The molecular formula is I4Pa-4. The third-order valence-corrected chi connectivity index (χ3v) is 0. The van der Waals surface area contributed by atoms with Gasteiger partial charge >= 0.3 is 0 Å². The molecule has 0 saturated heterocycles. The second-order valence-electron chi connectivity index (χ2n) is 0. The van der Waals surface area contributed by atoms with Gasteiger partial charge in [-0.1, -0.05) is 0 Å². The van der Waals surface area contributed by atoms with Crippen LogP contribution in [0.5, 0.6) is 0 Å². The molecule has 0 rings (SSSR count). The van der Waals surface area contributed by atoms with E-state index in [1.165, 1.54) is 0 Å². The van der Waals surface area contributed by atoms with Gasteiger partial charge in [-0.25, -0.2) is 0 Å². The molecular weight excluding hydrogens is 739 g/mol. The van der Waals surface area contributed by atoms with Crippen molar-refractivity contribution in [1.82, 2.24) is 0 Å². The molecule has 5 heavy (non-hydrogen) atoms. The summed E-state index contributed by atoms with van der Waals surface area (Å²) in [5, 5.41) is 0. The number of hydrogen-bond acceptors (Lipinski definition) is 0. The van der Waals surface area contributed by atoms with Crippen molar-refractivity contribution in [2.75, 3.05) is 0 Å². The van der Waals surface area contributed by atoms with Crippen molar-refractivity contribution in [1.29, 1.82) is 0 Å². The Hall–Kier alpha value is 4.01. The van der Waals surface area contributed by atoms with E-state index in [2.05, 4.69) is 0 Å². The summed E-state index contributed by atoms with van der Waals surface area (Å²) in [6, 6.07) is 0. The zero-order chi connectivity index (χ0) is 0. The molecule has 1 radical (unpaired) electrons. The molecule has 0 aliphatic carbocycles. The SMILES string of the molecule is [I-].[I-].[I-].[I-].[Pa]. The van der Waals surface area contributed by atoms with Gasteiger partial charge in [0.2, 0.25) is 0 Å². The fourth-order valence-corrected chi connectivity index (χ4v) is 0. The van der Waals surface area contributed by atoms with Crippen LogP contribution in [0.2, 0.25) is 0 Å². The molecule has 0 unspecified atom stereocenters. The largest absolute Gasteiger partial charge is 1.00 e. The number of rotatable bonds is 0. The molecule has 5 heteroatoms. The van der Waals surface area contributed by atoms with Crippen LogP contribution >= 0.6 is 0 Å². The third kappa shape index (κ3) is 18.0. The average Bonchev–Trinajstić information content (AvgIpc) is 0. The zero-order valence-electron chi connectivity index (χ0n) is 2.09. The van der Waals surface area contributed by atoms with Crippen molar-refractivity contribution < 1.29 is 128 Å². The number of halogens is 4. The van der Waals surface area contributed by atoms with Gasteiger partial charge in [0.15, 0.2) is 0 Å². The van der Waals surface area contributed by atoms with Gasteiger partial charge in [-0.2, -0.15) is 0 Å². The summed E-state index contributed by atoms with van der Waals surface area (Å²) in [5.41, 5.74) is 0. The topological polar surface area (TPSA) is 0 Å². The summed E-state index contributed by atoms with van der Waals surface area (Å²) in [4.78, 5) is 0. The maximum atomic E-state index is 0. The maximum absolute atomic E-state index is 0. The van der Waals surface area contributed by atoms with Crippen molar-refractivity contribution in [2.45, 2.75) is 0 Å². The quantitative estimate of drug-likeness (QED) is 0.217. The Bertz CT molecular complexity index is 3.61. The Kier molecular flexibility index (Phi) is 176. The van der Waals surface area contributed by atoms with E-state index in [0.717, 1.165) is 0 Å². The summed E-state index contributed by atoms with van der Waals surface area (Å²) in [6.07, 6.45) is 0. The van der Waals surface area contributed by atoms with Gasteiger partial charge in [0.25, 0.3) is 0 Å². The van der Waals surface area contributed by atoms with Gasteiger partial charge in [-0.05, 0) is 0 Å². The number of hydrogen-bond donors (Lipinski definition) is 0. The molecule has 0 amide bonds. The maximum Gasteiger partial charge on any atom is 0 e. The van der Waals surface area contributed by atoms with E-state index in [1.54, 1.807) is 0 Å². The van der Waals surface area contributed by atoms with Crippen molar-refractivity contribution in [3.8, 4) is 0 Å². The van der Waals surface area contributed by atoms with E-state index >= 15 is 0 Å². The first-order chi connectivity index (χ1) is 0. The third-order valence-electron chi connectivity index (χ3n) is 0. The first kappa shape index (κ1) is 35.9. The summed E-state index contributed by atoms with van der Waals surface area (Å²) < 4.78 is 0. The minimum absolute atomic E-state index is 0. The van der Waals surface area contributed by atoms with Crippen LogP contribution in [0.1, 0.15) is 0 Å². The molecule has 0 spiro atoms. The minimum Gasteiger partial charge on any atom is -1.00 e. The van der Waals surface area contributed by atoms with E-state index in [-0.39, 0.29) is 128 Å². The summed E-state index contributed by atoms with van der Waals surface area (Å²) >= 11 is 0. The first-order valence-corrected chi connectivity index (χ1v) is 0. The van der Waals surface area contributed by atoms with E-state index in [1.807, 2.05) is 0 Å². The molecule has 0 aromatic rings. The first-order valence-electron chi connectivity index (χ1n) is 0. The minimum atomic E-state index is 0. The normalized spacial score (nSPS) is 0. The molecule has 0 nitrogen and oxygen atoms in total. The van der Waals surface area contributed by atoms with Gasteiger partial charge in [-0.3, -0.25) is 0 Å². The van der Waals surface area contributed by atoms with Gasteiger partial charge < -0.3 is 95.9 Å². The van der Waals surface area contributed by atoms with Crippen molar-refractivity contribution in [3.63, 3.8) is 0 Å². The molecule has 0 fully saturated rings. The molecule has 0 saturated carbocycles. The van der Waals surface area contributed by atoms with Gasteiger partial charge in [0.05, 0.1) is 0 Å². The van der Waals surface area contributed by atoms with E-state index in [9.17, 15) is 0 Å².